The van der Waals surface area contributed by atoms with Crippen LogP contribution in [0.25, 0.3) is 22.3 Å². The second-order valence-electron chi connectivity index (χ2n) is 9.62. The number of carboxylic acids is 1. The van der Waals surface area contributed by atoms with E-state index in [1.54, 1.807) is 18.3 Å². The number of nitrogens with zero attached hydrogens (tertiary/aromatic N) is 1. The predicted molar refractivity (Wildman–Crippen MR) is 137 cm³/mol. The van der Waals surface area contributed by atoms with Gasteiger partial charge in [-0.05, 0) is 37.6 Å². The van der Waals surface area contributed by atoms with Gasteiger partial charge in [-0.1, -0.05) is 18.2 Å². The maximum Gasteiger partial charge on any atom is 0.307 e. The predicted octanol–water partition coefficient (Wildman–Crippen LogP) is 6.48. The van der Waals surface area contributed by atoms with E-state index >= 15 is 0 Å². The van der Waals surface area contributed by atoms with Crippen molar-refractivity contribution in [3.8, 4) is 28.6 Å². The van der Waals surface area contributed by atoms with Crippen LogP contribution in [-0.2, 0) is 16.6 Å². The Morgan fingerprint density at radius 3 is 2.82 bits per heavy atom. The summed E-state index contributed by atoms with van der Waals surface area (Å²) in [6.45, 7) is 2.34. The second kappa shape index (κ2) is 9.23. The Morgan fingerprint density at radius 1 is 1.15 bits per heavy atom. The number of benzene rings is 3. The first-order valence-corrected chi connectivity index (χ1v) is 12.2. The van der Waals surface area contributed by atoms with Crippen LogP contribution in [0.15, 0.2) is 60.9 Å². The topological polar surface area (TPSA) is 100 Å². The number of hydrogen-bond acceptors (Lipinski definition) is 4. The number of aromatic amines is 2. The SMILES string of the molecule is C[C@]1(c2cnc(-c3cc(Oc4c(F)cc5[nH]ccc5c4F)ccc3F)[nH]2)CCOc2c(CC(=O)O)cccc21. The molecule has 0 unspecified atom stereocenters. The molecule has 39 heavy (non-hydrogen) atoms. The van der Waals surface area contributed by atoms with E-state index in [0.29, 0.717) is 35.6 Å². The van der Waals surface area contributed by atoms with E-state index < -0.39 is 34.6 Å². The number of carboxylic acid groups (broad SMARTS) is 1. The molecule has 1 aliphatic rings. The quantitative estimate of drug-likeness (QED) is 0.232. The monoisotopic (exact) mass is 533 g/mol. The fraction of sp³-hybridized carbons (Fsp3) is 0.172. The molecule has 0 bridgehead atoms. The van der Waals surface area contributed by atoms with Crippen LogP contribution >= 0.6 is 0 Å². The lowest BCUT2D eigenvalue weighted by Crippen LogP contribution is -2.32. The van der Waals surface area contributed by atoms with Gasteiger partial charge in [0.2, 0.25) is 0 Å². The van der Waals surface area contributed by atoms with Crippen LogP contribution in [0.1, 0.15) is 30.2 Å². The average molecular weight is 534 g/mol. The summed E-state index contributed by atoms with van der Waals surface area (Å²) in [5.74, 6) is -3.19. The molecule has 5 aromatic rings. The van der Waals surface area contributed by atoms with Gasteiger partial charge in [-0.3, -0.25) is 4.79 Å². The normalized spacial score (nSPS) is 16.6. The zero-order valence-corrected chi connectivity index (χ0v) is 20.6. The lowest BCUT2D eigenvalue weighted by molar-refractivity contribution is -0.136. The van der Waals surface area contributed by atoms with Crippen molar-refractivity contribution in [3.05, 3.63) is 95.2 Å². The van der Waals surface area contributed by atoms with Crippen molar-refractivity contribution in [1.29, 1.82) is 0 Å². The number of rotatable bonds is 6. The number of carbonyl (C=O) groups is 1. The van der Waals surface area contributed by atoms with Gasteiger partial charge in [0.15, 0.2) is 17.4 Å². The highest BCUT2D eigenvalue weighted by Gasteiger charge is 2.38. The number of para-hydroxylation sites is 1. The molecule has 0 radical (unpaired) electrons. The van der Waals surface area contributed by atoms with Crippen LogP contribution in [-0.4, -0.2) is 32.6 Å². The van der Waals surface area contributed by atoms with E-state index in [1.807, 2.05) is 13.0 Å². The standard InChI is InChI=1S/C29H22F3N3O4/c1-29(8-10-38-26-15(11-24(36)37)3-2-4-19(26)29)23-14-34-28(35-23)18-12-16(5-6-20(18)30)39-27-21(31)13-22-17(25(27)32)7-9-33-22/h2-7,9,12-14,33H,8,10-11H2,1H3,(H,34,35)(H,36,37)/t29-/m0/s1. The van der Waals surface area contributed by atoms with Gasteiger partial charge in [0, 0.05) is 46.1 Å². The number of imidazole rings is 1. The summed E-state index contributed by atoms with van der Waals surface area (Å²) in [5, 5.41) is 9.46. The number of hydrogen-bond donors (Lipinski definition) is 3. The lowest BCUT2D eigenvalue weighted by atomic mass is 9.74. The summed E-state index contributed by atoms with van der Waals surface area (Å²) in [4.78, 5) is 21.7. The Kier molecular flexibility index (Phi) is 5.82. The molecule has 3 aromatic carbocycles. The van der Waals surface area contributed by atoms with Crippen LogP contribution in [0.2, 0.25) is 0 Å². The van der Waals surface area contributed by atoms with Gasteiger partial charge in [-0.2, -0.15) is 0 Å². The van der Waals surface area contributed by atoms with Crippen molar-refractivity contribution in [3.63, 3.8) is 0 Å². The minimum absolute atomic E-state index is 0.0259. The maximum atomic E-state index is 14.9. The van der Waals surface area contributed by atoms with Gasteiger partial charge in [0.1, 0.15) is 23.1 Å². The number of H-pyrrole nitrogens is 2. The van der Waals surface area contributed by atoms with E-state index in [1.165, 1.54) is 24.4 Å². The summed E-state index contributed by atoms with van der Waals surface area (Å²) in [7, 11) is 0. The van der Waals surface area contributed by atoms with Crippen molar-refractivity contribution in [2.24, 2.45) is 0 Å². The molecular formula is C29H22F3N3O4. The van der Waals surface area contributed by atoms with Crippen LogP contribution in [0.3, 0.4) is 0 Å². The third-order valence-electron chi connectivity index (χ3n) is 7.17. The van der Waals surface area contributed by atoms with Gasteiger partial charge in [0.05, 0.1) is 24.1 Å². The molecule has 0 amide bonds. The molecule has 6 rings (SSSR count). The number of ether oxygens (including phenoxy) is 2. The summed E-state index contributed by atoms with van der Waals surface area (Å²) in [5.41, 5.74) is 1.77. The van der Waals surface area contributed by atoms with Gasteiger partial charge in [-0.25, -0.2) is 18.2 Å². The third kappa shape index (κ3) is 4.18. The molecule has 0 spiro atoms. The highest BCUT2D eigenvalue weighted by Crippen LogP contribution is 2.45. The number of halogens is 3. The molecule has 0 saturated heterocycles. The Balaban J connectivity index is 1.35. The number of fused-ring (bicyclic) bond motifs is 2. The zero-order valence-electron chi connectivity index (χ0n) is 20.6. The molecule has 0 saturated carbocycles. The molecular weight excluding hydrogens is 511 g/mol. The Hall–Kier alpha value is -4.73. The summed E-state index contributed by atoms with van der Waals surface area (Å²) < 4.78 is 55.8. The van der Waals surface area contributed by atoms with Crippen molar-refractivity contribution in [2.45, 2.75) is 25.2 Å². The summed E-state index contributed by atoms with van der Waals surface area (Å²) in [6, 6.07) is 11.7. The average Bonchev–Trinajstić information content (AvgIpc) is 3.58. The smallest absolute Gasteiger partial charge is 0.307 e. The Bertz CT molecular complexity index is 1750. The molecule has 0 fully saturated rings. The first-order chi connectivity index (χ1) is 18.7. The third-order valence-corrected chi connectivity index (χ3v) is 7.17. The fourth-order valence-electron chi connectivity index (χ4n) is 5.08. The minimum atomic E-state index is -0.964. The van der Waals surface area contributed by atoms with Crippen LogP contribution in [0, 0.1) is 17.5 Å². The first kappa shape index (κ1) is 24.6. The van der Waals surface area contributed by atoms with Crippen LogP contribution in [0.5, 0.6) is 17.2 Å². The number of aliphatic carboxylic acids is 1. The molecule has 3 N–H and O–H groups in total. The molecule has 1 aliphatic heterocycles. The lowest BCUT2D eigenvalue weighted by Gasteiger charge is -2.36. The van der Waals surface area contributed by atoms with Crippen molar-refractivity contribution < 1.29 is 32.5 Å². The van der Waals surface area contributed by atoms with Crippen molar-refractivity contribution >= 4 is 16.9 Å². The van der Waals surface area contributed by atoms with E-state index in [9.17, 15) is 23.1 Å². The summed E-state index contributed by atoms with van der Waals surface area (Å²) >= 11 is 0. The van der Waals surface area contributed by atoms with E-state index in [2.05, 4.69) is 15.0 Å². The van der Waals surface area contributed by atoms with Crippen molar-refractivity contribution in [1.82, 2.24) is 15.0 Å². The minimum Gasteiger partial charge on any atom is -0.493 e. The molecule has 1 atom stereocenters. The number of aromatic nitrogens is 3. The maximum absolute atomic E-state index is 14.9. The van der Waals surface area contributed by atoms with Gasteiger partial charge < -0.3 is 24.5 Å². The van der Waals surface area contributed by atoms with E-state index in [-0.39, 0.29) is 28.9 Å². The van der Waals surface area contributed by atoms with Gasteiger partial charge >= 0.3 is 5.97 Å². The second-order valence-corrected chi connectivity index (χ2v) is 9.62. The Morgan fingerprint density at radius 2 is 2.00 bits per heavy atom. The molecule has 10 heteroatoms. The molecule has 3 heterocycles. The first-order valence-electron chi connectivity index (χ1n) is 12.2. The molecule has 7 nitrogen and oxygen atoms in total. The highest BCUT2D eigenvalue weighted by atomic mass is 19.1. The number of nitrogens with one attached hydrogen (secondary N) is 2. The van der Waals surface area contributed by atoms with Crippen molar-refractivity contribution in [2.75, 3.05) is 6.61 Å². The largest absolute Gasteiger partial charge is 0.493 e. The van der Waals surface area contributed by atoms with Gasteiger partial charge in [0.25, 0.3) is 0 Å². The molecule has 0 aliphatic carbocycles. The highest BCUT2D eigenvalue weighted by molar-refractivity contribution is 5.82. The molecule has 198 valence electrons. The Labute approximate surface area is 220 Å². The van der Waals surface area contributed by atoms with Crippen LogP contribution < -0.4 is 9.47 Å². The summed E-state index contributed by atoms with van der Waals surface area (Å²) in [6.07, 6.45) is 3.49. The molecule has 2 aromatic heterocycles. The van der Waals surface area contributed by atoms with E-state index in [0.717, 1.165) is 17.7 Å². The fourth-order valence-corrected chi connectivity index (χ4v) is 5.08. The van der Waals surface area contributed by atoms with Gasteiger partial charge in [-0.15, -0.1) is 0 Å². The zero-order chi connectivity index (χ0) is 27.3. The van der Waals surface area contributed by atoms with E-state index in [4.69, 9.17) is 9.47 Å². The van der Waals surface area contributed by atoms with Crippen LogP contribution in [0.4, 0.5) is 13.2 Å².